The van der Waals surface area contributed by atoms with Gasteiger partial charge < -0.3 is 28.4 Å². The molecule has 1 aliphatic rings. The smallest absolute Gasteiger partial charge is 0.303 e. The highest BCUT2D eigenvalue weighted by Gasteiger charge is 2.53. The molecule has 1 aliphatic heterocycles. The second-order valence-electron chi connectivity index (χ2n) is 7.27. The van der Waals surface area contributed by atoms with Gasteiger partial charge in [0.1, 0.15) is 18.5 Å². The Morgan fingerprint density at radius 2 is 1.24 bits per heavy atom. The Hall–Kier alpha value is -3.47. The number of ether oxygens (including phenoxy) is 6. The number of Topliss-reactive ketones (excluding diaryl/α,β-unsaturated/α-hetero) is 1. The van der Waals surface area contributed by atoms with Gasteiger partial charge in [-0.1, -0.05) is 0 Å². The van der Waals surface area contributed by atoms with Crippen molar-refractivity contribution in [3.05, 3.63) is 29.8 Å². The van der Waals surface area contributed by atoms with E-state index in [0.29, 0.717) is 5.56 Å². The van der Waals surface area contributed by atoms with Gasteiger partial charge in [-0.15, -0.1) is 0 Å². The molecule has 11 nitrogen and oxygen atoms in total. The molecule has 1 heterocycles. The molecule has 0 bridgehead atoms. The molecule has 0 radical (unpaired) electrons. The summed E-state index contributed by atoms with van der Waals surface area (Å²) in [7, 11) is 0. The average Bonchev–Trinajstić information content (AvgIpc) is 2.70. The summed E-state index contributed by atoms with van der Waals surface area (Å²) in [4.78, 5) is 58.2. The van der Waals surface area contributed by atoms with Crippen LogP contribution in [0.25, 0.3) is 0 Å². The van der Waals surface area contributed by atoms with E-state index in [9.17, 15) is 24.0 Å². The lowest BCUT2D eigenvalue weighted by Crippen LogP contribution is -2.63. The van der Waals surface area contributed by atoms with Gasteiger partial charge in [0, 0.05) is 33.3 Å². The highest BCUT2D eigenvalue weighted by molar-refractivity contribution is 5.94. The fraction of sp³-hybridized carbons (Fsp3) is 0.500. The van der Waals surface area contributed by atoms with Crippen molar-refractivity contribution in [2.45, 2.75) is 65.3 Å². The molecule has 0 amide bonds. The van der Waals surface area contributed by atoms with Gasteiger partial charge in [-0.05, 0) is 31.2 Å². The van der Waals surface area contributed by atoms with E-state index in [0.717, 1.165) is 20.8 Å². The maximum atomic E-state index is 11.8. The van der Waals surface area contributed by atoms with Gasteiger partial charge >= 0.3 is 23.9 Å². The first kappa shape index (κ1) is 25.8. The molecule has 1 saturated heterocycles. The maximum absolute atomic E-state index is 11.8. The van der Waals surface area contributed by atoms with E-state index < -0.39 is 54.6 Å². The van der Waals surface area contributed by atoms with Gasteiger partial charge in [-0.3, -0.25) is 24.0 Å². The van der Waals surface area contributed by atoms with Crippen LogP contribution < -0.4 is 4.74 Å². The van der Waals surface area contributed by atoms with Gasteiger partial charge in [0.2, 0.25) is 12.4 Å². The molecule has 5 atom stereocenters. The molecular weight excluding hydrogens is 440 g/mol. The van der Waals surface area contributed by atoms with Crippen molar-refractivity contribution in [1.82, 2.24) is 0 Å². The fourth-order valence-corrected chi connectivity index (χ4v) is 3.19. The summed E-state index contributed by atoms with van der Waals surface area (Å²) in [6.45, 7) is 5.63. The van der Waals surface area contributed by atoms with E-state index in [4.69, 9.17) is 28.4 Å². The molecule has 11 heteroatoms. The van der Waals surface area contributed by atoms with Gasteiger partial charge in [0.25, 0.3) is 0 Å². The highest BCUT2D eigenvalue weighted by Crippen LogP contribution is 2.31. The Morgan fingerprint density at radius 3 is 1.73 bits per heavy atom. The minimum Gasteiger partial charge on any atom is -0.463 e. The molecule has 2 rings (SSSR count). The Kier molecular flexibility index (Phi) is 8.92. The fourth-order valence-electron chi connectivity index (χ4n) is 3.19. The standard InChI is InChI=1S/C22H26O11/c1-11(23)16-6-8-17(9-7-16)32-22-21(31-15(5)27)20(30-14(4)26)19(29-13(3)25)18(33-22)10-28-12(2)24/h6-9,18-22H,10H2,1-5H3/t18-,19+,20+,21+,22-/m0/s1. The first-order valence-electron chi connectivity index (χ1n) is 10.1. The summed E-state index contributed by atoms with van der Waals surface area (Å²) < 4.78 is 32.6. The molecule has 1 aromatic rings. The summed E-state index contributed by atoms with van der Waals surface area (Å²) >= 11 is 0. The molecule has 0 saturated carbocycles. The van der Waals surface area contributed by atoms with Crippen molar-refractivity contribution in [3.63, 3.8) is 0 Å². The first-order valence-corrected chi connectivity index (χ1v) is 10.1. The summed E-state index contributed by atoms with van der Waals surface area (Å²) in [5, 5.41) is 0. The highest BCUT2D eigenvalue weighted by atomic mass is 16.7. The molecular formula is C22H26O11. The van der Waals surface area contributed by atoms with Gasteiger partial charge in [0.05, 0.1) is 0 Å². The van der Waals surface area contributed by atoms with Crippen LogP contribution in [0.1, 0.15) is 45.0 Å². The molecule has 0 N–H and O–H groups in total. The zero-order valence-electron chi connectivity index (χ0n) is 18.9. The van der Waals surface area contributed by atoms with Gasteiger partial charge in [0.15, 0.2) is 18.0 Å². The average molecular weight is 466 g/mol. The number of hydrogen-bond acceptors (Lipinski definition) is 11. The second-order valence-corrected chi connectivity index (χ2v) is 7.27. The van der Waals surface area contributed by atoms with E-state index in [2.05, 4.69) is 0 Å². The van der Waals surface area contributed by atoms with Crippen LogP contribution in [-0.4, -0.2) is 67.0 Å². The Balaban J connectivity index is 2.43. The topological polar surface area (TPSA) is 141 Å². The second kappa shape index (κ2) is 11.4. The zero-order chi connectivity index (χ0) is 24.7. The predicted molar refractivity (Wildman–Crippen MR) is 109 cm³/mol. The molecule has 1 fully saturated rings. The SMILES string of the molecule is CC(=O)OC[C@@H]1O[C@H](Oc2ccc(C(C)=O)cc2)[C@H](OC(C)=O)[C@H](OC(C)=O)[C@@H]1OC(C)=O. The molecule has 0 aliphatic carbocycles. The largest absolute Gasteiger partial charge is 0.463 e. The molecule has 0 aromatic heterocycles. The number of rotatable bonds is 8. The summed E-state index contributed by atoms with van der Waals surface area (Å²) in [5.41, 5.74) is 0.448. The van der Waals surface area contributed by atoms with Crippen LogP contribution in [0.15, 0.2) is 24.3 Å². The van der Waals surface area contributed by atoms with Crippen LogP contribution >= 0.6 is 0 Å². The van der Waals surface area contributed by atoms with Crippen molar-refractivity contribution in [3.8, 4) is 5.75 Å². The van der Waals surface area contributed by atoms with Crippen LogP contribution in [0.3, 0.4) is 0 Å². The zero-order valence-corrected chi connectivity index (χ0v) is 18.9. The Bertz CT molecular complexity index is 892. The number of hydrogen-bond donors (Lipinski definition) is 0. The Labute approximate surface area is 190 Å². The van der Waals surface area contributed by atoms with Crippen LogP contribution in [0, 0.1) is 0 Å². The number of esters is 4. The van der Waals surface area contributed by atoms with Gasteiger partial charge in [-0.25, -0.2) is 0 Å². The van der Waals surface area contributed by atoms with Crippen molar-refractivity contribution in [1.29, 1.82) is 0 Å². The Morgan fingerprint density at radius 1 is 0.727 bits per heavy atom. The molecule has 1 aromatic carbocycles. The lowest BCUT2D eigenvalue weighted by molar-refractivity contribution is -0.288. The third-order valence-corrected chi connectivity index (χ3v) is 4.46. The third-order valence-electron chi connectivity index (χ3n) is 4.46. The van der Waals surface area contributed by atoms with Crippen molar-refractivity contribution < 1.29 is 52.4 Å². The minimum absolute atomic E-state index is 0.145. The molecule has 180 valence electrons. The van der Waals surface area contributed by atoms with Crippen molar-refractivity contribution >= 4 is 29.7 Å². The van der Waals surface area contributed by atoms with Crippen LogP contribution in [0.2, 0.25) is 0 Å². The summed E-state index contributed by atoms with van der Waals surface area (Å²) in [5.74, 6) is -2.72. The van der Waals surface area contributed by atoms with E-state index in [1.807, 2.05) is 0 Å². The van der Waals surface area contributed by atoms with Crippen molar-refractivity contribution in [2.75, 3.05) is 6.61 Å². The number of carbonyl (C=O) groups excluding carboxylic acids is 5. The maximum Gasteiger partial charge on any atom is 0.303 e. The minimum atomic E-state index is -1.34. The first-order chi connectivity index (χ1) is 15.5. The lowest BCUT2D eigenvalue weighted by Gasteiger charge is -2.43. The van der Waals surface area contributed by atoms with Crippen LogP contribution in [-0.2, 0) is 42.9 Å². The van der Waals surface area contributed by atoms with Crippen LogP contribution in [0.5, 0.6) is 5.75 Å². The lowest BCUT2D eigenvalue weighted by atomic mass is 9.98. The predicted octanol–water partition coefficient (Wildman–Crippen LogP) is 1.35. The third kappa shape index (κ3) is 7.56. The number of ketones is 1. The van der Waals surface area contributed by atoms with E-state index in [-0.39, 0.29) is 18.1 Å². The summed E-state index contributed by atoms with van der Waals surface area (Å²) in [6.07, 6.45) is -6.39. The summed E-state index contributed by atoms with van der Waals surface area (Å²) in [6, 6.07) is 6.07. The normalized spacial score (nSPS) is 24.2. The monoisotopic (exact) mass is 466 g/mol. The van der Waals surface area contributed by atoms with E-state index in [1.165, 1.54) is 38.1 Å². The quantitative estimate of drug-likeness (QED) is 0.311. The van der Waals surface area contributed by atoms with Gasteiger partial charge in [-0.2, -0.15) is 0 Å². The molecule has 33 heavy (non-hydrogen) atoms. The number of carbonyl (C=O) groups is 5. The van der Waals surface area contributed by atoms with Crippen molar-refractivity contribution in [2.24, 2.45) is 0 Å². The number of benzene rings is 1. The van der Waals surface area contributed by atoms with Crippen LogP contribution in [0.4, 0.5) is 0 Å². The van der Waals surface area contributed by atoms with E-state index in [1.54, 1.807) is 0 Å². The molecule has 0 unspecified atom stereocenters. The molecule has 0 spiro atoms. The van der Waals surface area contributed by atoms with E-state index >= 15 is 0 Å².